The predicted molar refractivity (Wildman–Crippen MR) is 103 cm³/mol. The zero-order valence-corrected chi connectivity index (χ0v) is 16.4. The Morgan fingerprint density at radius 3 is 2.57 bits per heavy atom. The SMILES string of the molecule is CCOC(=O)c1cc(Oc2ccc(S(=O)(=O)C3CC3)cc2)c2cn(C)nc2c1. The summed E-state index contributed by atoms with van der Waals surface area (Å²) < 4.78 is 37.3. The van der Waals surface area contributed by atoms with Crippen LogP contribution in [0.3, 0.4) is 0 Å². The van der Waals surface area contributed by atoms with E-state index in [4.69, 9.17) is 9.47 Å². The number of aromatic nitrogens is 2. The number of benzene rings is 2. The number of rotatable bonds is 6. The van der Waals surface area contributed by atoms with Crippen LogP contribution in [0.4, 0.5) is 0 Å². The first-order valence-electron chi connectivity index (χ1n) is 9.05. The number of carbonyl (C=O) groups excluding carboxylic acids is 1. The van der Waals surface area contributed by atoms with Gasteiger partial charge in [0.15, 0.2) is 9.84 Å². The highest BCUT2D eigenvalue weighted by molar-refractivity contribution is 7.92. The molecular formula is C20H20N2O5S. The number of ether oxygens (including phenoxy) is 2. The van der Waals surface area contributed by atoms with Crippen LogP contribution in [0.5, 0.6) is 11.5 Å². The molecule has 0 atom stereocenters. The van der Waals surface area contributed by atoms with E-state index in [0.29, 0.717) is 27.5 Å². The van der Waals surface area contributed by atoms with Gasteiger partial charge >= 0.3 is 5.97 Å². The predicted octanol–water partition coefficient (Wildman–Crippen LogP) is 3.48. The third-order valence-corrected chi connectivity index (χ3v) is 6.83. The summed E-state index contributed by atoms with van der Waals surface area (Å²) in [5.41, 5.74) is 0.951. The molecule has 1 aliphatic carbocycles. The molecule has 0 saturated heterocycles. The number of hydrogen-bond acceptors (Lipinski definition) is 6. The molecule has 1 aromatic heterocycles. The standard InChI is InChI=1S/C20H20N2O5S/c1-3-26-20(23)13-10-18-17(12-22(2)21-18)19(11-13)27-14-4-6-15(7-5-14)28(24,25)16-8-9-16/h4-7,10-12,16H,3,8-9H2,1-2H3. The number of fused-ring (bicyclic) bond motifs is 1. The molecule has 0 bridgehead atoms. The lowest BCUT2D eigenvalue weighted by molar-refractivity contribution is 0.0526. The Bertz CT molecular complexity index is 1150. The number of hydrogen-bond donors (Lipinski definition) is 0. The number of carbonyl (C=O) groups is 1. The molecule has 1 fully saturated rings. The molecule has 0 N–H and O–H groups in total. The highest BCUT2D eigenvalue weighted by Gasteiger charge is 2.36. The summed E-state index contributed by atoms with van der Waals surface area (Å²) in [7, 11) is -1.46. The van der Waals surface area contributed by atoms with Crippen LogP contribution < -0.4 is 4.74 Å². The minimum Gasteiger partial charge on any atom is -0.462 e. The third-order valence-electron chi connectivity index (χ3n) is 4.56. The van der Waals surface area contributed by atoms with E-state index in [1.54, 1.807) is 61.2 Å². The van der Waals surface area contributed by atoms with Crippen molar-refractivity contribution in [3.05, 3.63) is 48.2 Å². The molecule has 3 aromatic rings. The Morgan fingerprint density at radius 1 is 1.21 bits per heavy atom. The lowest BCUT2D eigenvalue weighted by atomic mass is 10.1. The van der Waals surface area contributed by atoms with Gasteiger partial charge in [-0.3, -0.25) is 4.68 Å². The second-order valence-corrected chi connectivity index (χ2v) is 8.98. The minimum atomic E-state index is -3.24. The first-order valence-corrected chi connectivity index (χ1v) is 10.6. The molecule has 0 spiro atoms. The fourth-order valence-electron chi connectivity index (χ4n) is 3.02. The monoisotopic (exact) mass is 400 g/mol. The van der Waals surface area contributed by atoms with E-state index in [-0.39, 0.29) is 11.9 Å². The molecular weight excluding hydrogens is 380 g/mol. The number of sulfone groups is 1. The van der Waals surface area contributed by atoms with E-state index in [9.17, 15) is 13.2 Å². The van der Waals surface area contributed by atoms with Gasteiger partial charge in [0.05, 0.1) is 33.2 Å². The van der Waals surface area contributed by atoms with Crippen LogP contribution in [0.15, 0.2) is 47.5 Å². The summed E-state index contributed by atoms with van der Waals surface area (Å²) >= 11 is 0. The summed E-state index contributed by atoms with van der Waals surface area (Å²) in [4.78, 5) is 12.4. The van der Waals surface area contributed by atoms with Crippen LogP contribution in [-0.2, 0) is 21.6 Å². The summed E-state index contributed by atoms with van der Waals surface area (Å²) in [6.45, 7) is 2.01. The lowest BCUT2D eigenvalue weighted by Crippen LogP contribution is -2.06. The minimum absolute atomic E-state index is 0.254. The first-order chi connectivity index (χ1) is 13.4. The van der Waals surface area contributed by atoms with Crippen molar-refractivity contribution in [2.45, 2.75) is 29.9 Å². The van der Waals surface area contributed by atoms with Gasteiger partial charge in [-0.1, -0.05) is 0 Å². The zero-order chi connectivity index (χ0) is 19.9. The molecule has 0 aliphatic heterocycles. The largest absolute Gasteiger partial charge is 0.462 e. The number of esters is 1. The van der Waals surface area contributed by atoms with Crippen LogP contribution in [-0.4, -0.2) is 36.0 Å². The van der Waals surface area contributed by atoms with Crippen molar-refractivity contribution in [1.29, 1.82) is 0 Å². The van der Waals surface area contributed by atoms with Gasteiger partial charge in [-0.2, -0.15) is 5.10 Å². The number of nitrogens with zero attached hydrogens (tertiary/aromatic N) is 2. The van der Waals surface area contributed by atoms with Gasteiger partial charge in [-0.25, -0.2) is 13.2 Å². The smallest absolute Gasteiger partial charge is 0.338 e. The van der Waals surface area contributed by atoms with E-state index >= 15 is 0 Å². The molecule has 1 saturated carbocycles. The summed E-state index contributed by atoms with van der Waals surface area (Å²) in [6, 6.07) is 9.61. The van der Waals surface area contributed by atoms with Crippen LogP contribution >= 0.6 is 0 Å². The molecule has 28 heavy (non-hydrogen) atoms. The average Bonchev–Trinajstić information content (AvgIpc) is 3.45. The molecule has 7 nitrogen and oxygen atoms in total. The maximum Gasteiger partial charge on any atom is 0.338 e. The quantitative estimate of drug-likeness (QED) is 0.589. The molecule has 2 aromatic carbocycles. The van der Waals surface area contributed by atoms with Crippen molar-refractivity contribution in [2.24, 2.45) is 7.05 Å². The maximum absolute atomic E-state index is 12.3. The van der Waals surface area contributed by atoms with E-state index in [1.165, 1.54) is 0 Å². The van der Waals surface area contributed by atoms with Gasteiger partial charge in [0.1, 0.15) is 11.5 Å². The third kappa shape index (κ3) is 3.47. The van der Waals surface area contributed by atoms with Gasteiger partial charge in [0, 0.05) is 13.2 Å². The van der Waals surface area contributed by atoms with E-state index in [1.807, 2.05) is 0 Å². The maximum atomic E-state index is 12.3. The molecule has 1 heterocycles. The van der Waals surface area contributed by atoms with Crippen molar-refractivity contribution in [2.75, 3.05) is 6.61 Å². The molecule has 4 rings (SSSR count). The Hall–Kier alpha value is -2.87. The molecule has 146 valence electrons. The van der Waals surface area contributed by atoms with Gasteiger partial charge in [0.25, 0.3) is 0 Å². The van der Waals surface area contributed by atoms with Crippen molar-refractivity contribution in [3.8, 4) is 11.5 Å². The van der Waals surface area contributed by atoms with Crippen molar-refractivity contribution in [3.63, 3.8) is 0 Å². The molecule has 8 heteroatoms. The first kappa shape index (κ1) is 18.5. The second-order valence-electron chi connectivity index (χ2n) is 6.75. The molecule has 0 radical (unpaired) electrons. The zero-order valence-electron chi connectivity index (χ0n) is 15.6. The Labute approximate surface area is 162 Å². The van der Waals surface area contributed by atoms with Gasteiger partial charge < -0.3 is 9.47 Å². The average molecular weight is 400 g/mol. The molecule has 0 unspecified atom stereocenters. The highest BCUT2D eigenvalue weighted by Crippen LogP contribution is 2.35. The van der Waals surface area contributed by atoms with E-state index in [2.05, 4.69) is 5.10 Å². The summed E-state index contributed by atoms with van der Waals surface area (Å²) in [5.74, 6) is 0.470. The fraction of sp³-hybridized carbons (Fsp3) is 0.300. The van der Waals surface area contributed by atoms with E-state index in [0.717, 1.165) is 18.2 Å². The second kappa shape index (κ2) is 6.94. The summed E-state index contributed by atoms with van der Waals surface area (Å²) in [6.07, 6.45) is 3.24. The van der Waals surface area contributed by atoms with Crippen LogP contribution in [0, 0.1) is 0 Å². The van der Waals surface area contributed by atoms with Crippen LogP contribution in [0.1, 0.15) is 30.1 Å². The van der Waals surface area contributed by atoms with Gasteiger partial charge in [-0.15, -0.1) is 0 Å². The highest BCUT2D eigenvalue weighted by atomic mass is 32.2. The lowest BCUT2D eigenvalue weighted by Gasteiger charge is -2.10. The van der Waals surface area contributed by atoms with Crippen molar-refractivity contribution in [1.82, 2.24) is 9.78 Å². The molecule has 0 amide bonds. The number of aryl methyl sites for hydroxylation is 1. The normalized spacial score (nSPS) is 14.2. The Balaban J connectivity index is 1.67. The van der Waals surface area contributed by atoms with Gasteiger partial charge in [0.2, 0.25) is 0 Å². The van der Waals surface area contributed by atoms with Gasteiger partial charge in [-0.05, 0) is 56.2 Å². The Morgan fingerprint density at radius 2 is 1.93 bits per heavy atom. The Kier molecular flexibility index (Phi) is 4.58. The fourth-order valence-corrected chi connectivity index (χ4v) is 4.68. The molecule has 1 aliphatic rings. The van der Waals surface area contributed by atoms with Crippen molar-refractivity contribution < 1.29 is 22.7 Å². The van der Waals surface area contributed by atoms with Crippen molar-refractivity contribution >= 4 is 26.7 Å². The van der Waals surface area contributed by atoms with Crippen LogP contribution in [0.25, 0.3) is 10.9 Å². The van der Waals surface area contributed by atoms with Crippen LogP contribution in [0.2, 0.25) is 0 Å². The topological polar surface area (TPSA) is 87.5 Å². The summed E-state index contributed by atoms with van der Waals surface area (Å²) in [5, 5.41) is 4.83. The van der Waals surface area contributed by atoms with E-state index < -0.39 is 15.8 Å².